The van der Waals surface area contributed by atoms with Crippen LogP contribution in [0.2, 0.25) is 0 Å². The Morgan fingerprint density at radius 1 is 1.33 bits per heavy atom. The molecule has 0 saturated heterocycles. The summed E-state index contributed by atoms with van der Waals surface area (Å²) >= 11 is 0. The van der Waals surface area contributed by atoms with E-state index in [1.165, 1.54) is 16.7 Å². The van der Waals surface area contributed by atoms with Crippen molar-refractivity contribution in [3.8, 4) is 0 Å². The lowest BCUT2D eigenvalue weighted by Gasteiger charge is -2.06. The normalized spacial score (nSPS) is 13.9. The van der Waals surface area contributed by atoms with Crippen molar-refractivity contribution in [2.75, 3.05) is 0 Å². The predicted molar refractivity (Wildman–Crippen MR) is 51.8 cm³/mol. The second-order valence-corrected chi connectivity index (χ2v) is 3.58. The monoisotopic (exact) mass is 159 g/mol. The Bertz CT molecular complexity index is 324. The molecule has 1 heteroatoms. The summed E-state index contributed by atoms with van der Waals surface area (Å²) in [6, 6.07) is 6.63. The maximum absolute atomic E-state index is 4.23. The smallest absolute Gasteiger partial charge is 0.0646 e. The predicted octanol–water partition coefficient (Wildman–Crippen LogP) is 2.74. The molecule has 0 radical (unpaired) electrons. The fourth-order valence-corrected chi connectivity index (χ4v) is 1.49. The highest BCUT2D eigenvalue weighted by Gasteiger charge is 2.07. The summed E-state index contributed by atoms with van der Waals surface area (Å²) in [4.78, 5) is 4.23. The Labute approximate surface area is 73.1 Å². The minimum absolute atomic E-state index is 0.621. The van der Waals surface area contributed by atoms with Gasteiger partial charge in [-0.1, -0.05) is 32.0 Å². The summed E-state index contributed by atoms with van der Waals surface area (Å²) in [6.45, 7) is 5.31. The van der Waals surface area contributed by atoms with Gasteiger partial charge in [0.1, 0.15) is 0 Å². The molecule has 1 aliphatic rings. The molecule has 0 saturated carbocycles. The molecule has 1 nitrogen and oxygen atoms in total. The van der Waals surface area contributed by atoms with Gasteiger partial charge in [-0.2, -0.15) is 0 Å². The number of hydrogen-bond donors (Lipinski definition) is 0. The quantitative estimate of drug-likeness (QED) is 0.597. The molecule has 0 unspecified atom stereocenters. The van der Waals surface area contributed by atoms with Gasteiger partial charge in [-0.05, 0) is 22.6 Å². The first-order valence-electron chi connectivity index (χ1n) is 4.40. The topological polar surface area (TPSA) is 12.4 Å². The number of aliphatic imine (C=N–C) groups is 1. The first-order valence-corrected chi connectivity index (χ1v) is 4.40. The van der Waals surface area contributed by atoms with Crippen LogP contribution in [0.25, 0.3) is 0 Å². The molecule has 0 bridgehead atoms. The van der Waals surface area contributed by atoms with Crippen LogP contribution in [0.3, 0.4) is 0 Å². The minimum atomic E-state index is 0.621. The lowest BCUT2D eigenvalue weighted by Crippen LogP contribution is -1.91. The third-order valence-corrected chi connectivity index (χ3v) is 2.33. The van der Waals surface area contributed by atoms with Crippen LogP contribution >= 0.6 is 0 Å². The molecular weight excluding hydrogens is 146 g/mol. The van der Waals surface area contributed by atoms with Crippen LogP contribution in [0.15, 0.2) is 23.2 Å². The first-order chi connectivity index (χ1) is 5.77. The van der Waals surface area contributed by atoms with E-state index in [1.807, 2.05) is 6.21 Å². The Morgan fingerprint density at radius 3 is 2.92 bits per heavy atom. The molecule has 0 N–H and O–H groups in total. The molecule has 1 aromatic rings. The van der Waals surface area contributed by atoms with Crippen molar-refractivity contribution in [3.05, 3.63) is 34.9 Å². The van der Waals surface area contributed by atoms with Gasteiger partial charge in [0.25, 0.3) is 0 Å². The van der Waals surface area contributed by atoms with Crippen LogP contribution in [0.1, 0.15) is 36.5 Å². The second-order valence-electron chi connectivity index (χ2n) is 3.58. The molecular formula is C11H13N. The lowest BCUT2D eigenvalue weighted by molar-refractivity contribution is 0.862. The highest BCUT2D eigenvalue weighted by molar-refractivity contribution is 5.84. The van der Waals surface area contributed by atoms with E-state index in [4.69, 9.17) is 0 Å². The molecule has 0 atom stereocenters. The van der Waals surface area contributed by atoms with E-state index < -0.39 is 0 Å². The molecule has 1 heterocycles. The zero-order valence-corrected chi connectivity index (χ0v) is 7.54. The van der Waals surface area contributed by atoms with E-state index >= 15 is 0 Å². The summed E-state index contributed by atoms with van der Waals surface area (Å²) in [6.07, 6.45) is 1.96. The van der Waals surface area contributed by atoms with Crippen molar-refractivity contribution >= 4 is 6.21 Å². The van der Waals surface area contributed by atoms with Crippen LogP contribution in [0, 0.1) is 0 Å². The Balaban J connectivity index is 2.42. The summed E-state index contributed by atoms with van der Waals surface area (Å²) in [5.74, 6) is 0.621. The molecule has 1 aliphatic heterocycles. The first kappa shape index (κ1) is 7.53. The van der Waals surface area contributed by atoms with Crippen LogP contribution in [0.4, 0.5) is 0 Å². The van der Waals surface area contributed by atoms with Gasteiger partial charge in [0.15, 0.2) is 0 Å². The van der Waals surface area contributed by atoms with Gasteiger partial charge in [0.2, 0.25) is 0 Å². The van der Waals surface area contributed by atoms with Gasteiger partial charge < -0.3 is 0 Å². The van der Waals surface area contributed by atoms with Crippen molar-refractivity contribution in [1.29, 1.82) is 0 Å². The van der Waals surface area contributed by atoms with E-state index in [0.29, 0.717) is 5.92 Å². The highest BCUT2D eigenvalue weighted by atomic mass is 14.7. The van der Waals surface area contributed by atoms with Gasteiger partial charge in [0.05, 0.1) is 6.54 Å². The third kappa shape index (κ3) is 1.15. The van der Waals surface area contributed by atoms with Crippen molar-refractivity contribution in [2.45, 2.75) is 26.3 Å². The SMILES string of the molecule is CC(C)c1ccc2c(c1)CN=C2. The van der Waals surface area contributed by atoms with Crippen LogP contribution in [-0.4, -0.2) is 6.21 Å². The molecule has 2 rings (SSSR count). The zero-order valence-electron chi connectivity index (χ0n) is 7.54. The Hall–Kier alpha value is -1.11. The maximum Gasteiger partial charge on any atom is 0.0646 e. The second kappa shape index (κ2) is 2.74. The van der Waals surface area contributed by atoms with Crippen LogP contribution in [-0.2, 0) is 6.54 Å². The van der Waals surface area contributed by atoms with E-state index in [1.54, 1.807) is 0 Å². The summed E-state index contributed by atoms with van der Waals surface area (Å²) in [5, 5.41) is 0. The van der Waals surface area contributed by atoms with E-state index in [9.17, 15) is 0 Å². The van der Waals surface area contributed by atoms with Gasteiger partial charge >= 0.3 is 0 Å². The Morgan fingerprint density at radius 2 is 2.17 bits per heavy atom. The molecule has 62 valence electrons. The number of fused-ring (bicyclic) bond motifs is 1. The van der Waals surface area contributed by atoms with Crippen molar-refractivity contribution in [3.63, 3.8) is 0 Å². The minimum Gasteiger partial charge on any atom is -0.288 e. The fourth-order valence-electron chi connectivity index (χ4n) is 1.49. The molecule has 0 fully saturated rings. The fraction of sp³-hybridized carbons (Fsp3) is 0.364. The summed E-state index contributed by atoms with van der Waals surface area (Å²) in [7, 11) is 0. The largest absolute Gasteiger partial charge is 0.288 e. The molecule has 12 heavy (non-hydrogen) atoms. The van der Waals surface area contributed by atoms with Gasteiger partial charge in [-0.25, -0.2) is 0 Å². The van der Waals surface area contributed by atoms with Crippen LogP contribution < -0.4 is 0 Å². The molecule has 1 aromatic carbocycles. The van der Waals surface area contributed by atoms with Gasteiger partial charge in [0, 0.05) is 6.21 Å². The number of nitrogens with zero attached hydrogens (tertiary/aromatic N) is 1. The van der Waals surface area contributed by atoms with Gasteiger partial charge in [-0.3, -0.25) is 4.99 Å². The van der Waals surface area contributed by atoms with E-state index in [-0.39, 0.29) is 0 Å². The van der Waals surface area contributed by atoms with Crippen molar-refractivity contribution in [1.82, 2.24) is 0 Å². The lowest BCUT2D eigenvalue weighted by atomic mass is 9.99. The summed E-state index contributed by atoms with van der Waals surface area (Å²) < 4.78 is 0. The van der Waals surface area contributed by atoms with Crippen molar-refractivity contribution in [2.24, 2.45) is 4.99 Å². The average Bonchev–Trinajstić information content (AvgIpc) is 2.49. The summed E-state index contributed by atoms with van der Waals surface area (Å²) in [5.41, 5.74) is 4.08. The Kier molecular flexibility index (Phi) is 1.72. The molecule has 0 aliphatic carbocycles. The zero-order chi connectivity index (χ0) is 8.55. The average molecular weight is 159 g/mol. The van der Waals surface area contributed by atoms with Crippen molar-refractivity contribution < 1.29 is 0 Å². The van der Waals surface area contributed by atoms with Crippen LogP contribution in [0.5, 0.6) is 0 Å². The highest BCUT2D eigenvalue weighted by Crippen LogP contribution is 2.21. The third-order valence-electron chi connectivity index (χ3n) is 2.33. The standard InChI is InChI=1S/C11H13N/c1-8(2)9-3-4-10-6-12-7-11(10)5-9/h3-6,8H,7H2,1-2H3. The number of rotatable bonds is 1. The number of benzene rings is 1. The molecule has 0 amide bonds. The number of hydrogen-bond acceptors (Lipinski definition) is 1. The van der Waals surface area contributed by atoms with Gasteiger partial charge in [-0.15, -0.1) is 0 Å². The molecule has 0 aromatic heterocycles. The maximum atomic E-state index is 4.23. The van der Waals surface area contributed by atoms with E-state index in [2.05, 4.69) is 37.0 Å². The van der Waals surface area contributed by atoms with E-state index in [0.717, 1.165) is 6.54 Å². The molecule has 0 spiro atoms.